The van der Waals surface area contributed by atoms with Crippen molar-refractivity contribution in [2.45, 2.75) is 26.9 Å². The standard InChI is InChI=1S/C24H22FN3O2S/c1-15-10-16(2)21-12-17(23(29)27-22(21)11-15)13-28(14-20-4-3-9-31-20)24(30)26-19-7-5-18(25)6-8-19/h3-12H,13-14H2,1-2H3,(H,26,30)(H,27,29). The van der Waals surface area contributed by atoms with Gasteiger partial charge in [0.1, 0.15) is 5.82 Å². The molecule has 5 nitrogen and oxygen atoms in total. The van der Waals surface area contributed by atoms with E-state index in [1.807, 2.05) is 43.5 Å². The summed E-state index contributed by atoms with van der Waals surface area (Å²) in [4.78, 5) is 31.3. The highest BCUT2D eigenvalue weighted by atomic mass is 32.1. The fourth-order valence-corrected chi connectivity index (χ4v) is 4.28. The summed E-state index contributed by atoms with van der Waals surface area (Å²) in [7, 11) is 0. The van der Waals surface area contributed by atoms with Crippen LogP contribution >= 0.6 is 11.3 Å². The molecule has 0 aliphatic rings. The number of nitrogens with zero attached hydrogens (tertiary/aromatic N) is 1. The highest BCUT2D eigenvalue weighted by molar-refractivity contribution is 7.09. The Morgan fingerprint density at radius 3 is 2.58 bits per heavy atom. The van der Waals surface area contributed by atoms with Crippen LogP contribution in [0.5, 0.6) is 0 Å². The first-order chi connectivity index (χ1) is 14.9. The number of rotatable bonds is 5. The number of carbonyl (C=O) groups is 1. The molecule has 158 valence electrons. The molecule has 4 rings (SSSR count). The first kappa shape index (κ1) is 20.8. The quantitative estimate of drug-likeness (QED) is 0.430. The Hall–Kier alpha value is -3.45. The van der Waals surface area contributed by atoms with Gasteiger partial charge in [0, 0.05) is 27.0 Å². The van der Waals surface area contributed by atoms with Crippen molar-refractivity contribution in [1.29, 1.82) is 0 Å². The number of benzene rings is 2. The third kappa shape index (κ3) is 4.83. The number of pyridine rings is 1. The number of urea groups is 1. The average molecular weight is 436 g/mol. The number of nitrogens with one attached hydrogen (secondary N) is 2. The van der Waals surface area contributed by atoms with E-state index in [0.29, 0.717) is 17.8 Å². The van der Waals surface area contributed by atoms with E-state index in [4.69, 9.17) is 0 Å². The van der Waals surface area contributed by atoms with Gasteiger partial charge in [-0.25, -0.2) is 9.18 Å². The zero-order chi connectivity index (χ0) is 22.0. The van der Waals surface area contributed by atoms with Gasteiger partial charge in [0.25, 0.3) is 5.56 Å². The minimum absolute atomic E-state index is 0.142. The zero-order valence-electron chi connectivity index (χ0n) is 17.2. The fraction of sp³-hybridized carbons (Fsp3) is 0.167. The SMILES string of the molecule is Cc1cc(C)c2cc(CN(Cc3cccs3)C(=O)Nc3ccc(F)cc3)c(=O)[nH]c2c1. The molecule has 2 N–H and O–H groups in total. The van der Waals surface area contributed by atoms with Crippen LogP contribution in [0, 0.1) is 19.7 Å². The molecule has 0 saturated carbocycles. The van der Waals surface area contributed by atoms with Gasteiger partial charge in [-0.05, 0) is 72.8 Å². The van der Waals surface area contributed by atoms with Gasteiger partial charge in [0.2, 0.25) is 0 Å². The average Bonchev–Trinajstić information content (AvgIpc) is 3.23. The normalized spacial score (nSPS) is 10.9. The van der Waals surface area contributed by atoms with Crippen molar-refractivity contribution >= 4 is 34.0 Å². The first-order valence-electron chi connectivity index (χ1n) is 9.86. The zero-order valence-corrected chi connectivity index (χ0v) is 18.1. The van der Waals surface area contributed by atoms with Gasteiger partial charge in [0.15, 0.2) is 0 Å². The van der Waals surface area contributed by atoms with Crippen LogP contribution in [0.3, 0.4) is 0 Å². The third-order valence-electron chi connectivity index (χ3n) is 5.06. The van der Waals surface area contributed by atoms with E-state index in [1.54, 1.807) is 16.2 Å². The summed E-state index contributed by atoms with van der Waals surface area (Å²) in [6, 6.07) is 15.0. The molecular weight excluding hydrogens is 413 g/mol. The number of amides is 2. The number of hydrogen-bond donors (Lipinski definition) is 2. The smallest absolute Gasteiger partial charge is 0.322 e. The molecule has 2 amide bonds. The van der Waals surface area contributed by atoms with E-state index < -0.39 is 0 Å². The Kier molecular flexibility index (Phi) is 5.86. The second-order valence-corrected chi connectivity index (χ2v) is 8.57. The topological polar surface area (TPSA) is 65.2 Å². The summed E-state index contributed by atoms with van der Waals surface area (Å²) < 4.78 is 13.2. The number of aromatic amines is 1. The molecule has 0 spiro atoms. The molecule has 0 saturated heterocycles. The van der Waals surface area contributed by atoms with Gasteiger partial charge in [-0.3, -0.25) is 4.79 Å². The fourth-order valence-electron chi connectivity index (χ4n) is 3.57. The summed E-state index contributed by atoms with van der Waals surface area (Å²) in [6.45, 7) is 4.49. The lowest BCUT2D eigenvalue weighted by Crippen LogP contribution is -2.35. The summed E-state index contributed by atoms with van der Waals surface area (Å²) in [5.74, 6) is -0.373. The van der Waals surface area contributed by atoms with Crippen LogP contribution in [0.15, 0.2) is 64.8 Å². The molecule has 0 aliphatic heterocycles. The number of H-pyrrole nitrogens is 1. The van der Waals surface area contributed by atoms with E-state index in [1.165, 1.54) is 24.3 Å². The van der Waals surface area contributed by atoms with Gasteiger partial charge < -0.3 is 15.2 Å². The number of aromatic nitrogens is 1. The van der Waals surface area contributed by atoms with Crippen molar-refractivity contribution in [2.24, 2.45) is 0 Å². The molecule has 0 unspecified atom stereocenters. The number of aryl methyl sites for hydroxylation is 2. The van der Waals surface area contributed by atoms with Crippen molar-refractivity contribution in [3.8, 4) is 0 Å². The van der Waals surface area contributed by atoms with Crippen LogP contribution in [0.2, 0.25) is 0 Å². The summed E-state index contributed by atoms with van der Waals surface area (Å²) in [5, 5.41) is 5.69. The van der Waals surface area contributed by atoms with E-state index >= 15 is 0 Å². The molecule has 2 heterocycles. The minimum Gasteiger partial charge on any atom is -0.322 e. The van der Waals surface area contributed by atoms with Gasteiger partial charge >= 0.3 is 6.03 Å². The Balaban J connectivity index is 1.65. The Morgan fingerprint density at radius 2 is 1.87 bits per heavy atom. The summed E-state index contributed by atoms with van der Waals surface area (Å²) in [5.41, 5.74) is 3.70. The van der Waals surface area contributed by atoms with E-state index in [2.05, 4.69) is 16.4 Å². The maximum atomic E-state index is 13.2. The monoisotopic (exact) mass is 435 g/mol. The molecule has 31 heavy (non-hydrogen) atoms. The van der Waals surface area contributed by atoms with Crippen molar-refractivity contribution < 1.29 is 9.18 Å². The van der Waals surface area contributed by atoms with Crippen molar-refractivity contribution in [3.05, 3.63) is 97.7 Å². The van der Waals surface area contributed by atoms with Gasteiger partial charge in [-0.15, -0.1) is 11.3 Å². The second-order valence-electron chi connectivity index (χ2n) is 7.54. The molecule has 0 bridgehead atoms. The lowest BCUT2D eigenvalue weighted by atomic mass is 10.0. The van der Waals surface area contributed by atoms with Crippen molar-refractivity contribution in [1.82, 2.24) is 9.88 Å². The van der Waals surface area contributed by atoms with Crippen LogP contribution in [0.25, 0.3) is 10.9 Å². The first-order valence-corrected chi connectivity index (χ1v) is 10.7. The van der Waals surface area contributed by atoms with Crippen molar-refractivity contribution in [3.63, 3.8) is 0 Å². The number of carbonyl (C=O) groups excluding carboxylic acids is 1. The van der Waals surface area contributed by atoms with Crippen LogP contribution in [-0.2, 0) is 13.1 Å². The molecule has 2 aromatic heterocycles. The molecule has 0 atom stereocenters. The predicted octanol–water partition coefficient (Wildman–Crippen LogP) is 5.58. The number of fused-ring (bicyclic) bond motifs is 1. The molecule has 4 aromatic rings. The number of anilines is 1. The number of hydrogen-bond acceptors (Lipinski definition) is 3. The Bertz CT molecular complexity index is 1280. The minimum atomic E-state index is -0.373. The highest BCUT2D eigenvalue weighted by Gasteiger charge is 2.18. The second kappa shape index (κ2) is 8.73. The van der Waals surface area contributed by atoms with E-state index in [0.717, 1.165) is 26.9 Å². The molecule has 0 radical (unpaired) electrons. The van der Waals surface area contributed by atoms with Crippen LogP contribution in [0.4, 0.5) is 14.9 Å². The molecule has 0 fully saturated rings. The van der Waals surface area contributed by atoms with Crippen LogP contribution < -0.4 is 10.9 Å². The number of thiophene rings is 1. The lowest BCUT2D eigenvalue weighted by molar-refractivity contribution is 0.207. The van der Waals surface area contributed by atoms with Crippen molar-refractivity contribution in [2.75, 3.05) is 5.32 Å². The maximum absolute atomic E-state index is 13.2. The van der Waals surface area contributed by atoms with E-state index in [-0.39, 0.29) is 24.0 Å². The molecule has 2 aromatic carbocycles. The summed E-state index contributed by atoms with van der Waals surface area (Å²) >= 11 is 1.54. The Labute approximate surface area is 183 Å². The third-order valence-corrected chi connectivity index (χ3v) is 5.92. The molecular formula is C24H22FN3O2S. The van der Waals surface area contributed by atoms with Crippen LogP contribution in [0.1, 0.15) is 21.6 Å². The molecule has 7 heteroatoms. The van der Waals surface area contributed by atoms with E-state index in [9.17, 15) is 14.0 Å². The van der Waals surface area contributed by atoms with Gasteiger partial charge in [-0.2, -0.15) is 0 Å². The Morgan fingerprint density at radius 1 is 1.10 bits per heavy atom. The molecule has 0 aliphatic carbocycles. The lowest BCUT2D eigenvalue weighted by Gasteiger charge is -2.23. The van der Waals surface area contributed by atoms with Crippen LogP contribution in [-0.4, -0.2) is 15.9 Å². The van der Waals surface area contributed by atoms with Gasteiger partial charge in [-0.1, -0.05) is 12.1 Å². The largest absolute Gasteiger partial charge is 0.322 e. The maximum Gasteiger partial charge on any atom is 0.322 e. The highest BCUT2D eigenvalue weighted by Crippen LogP contribution is 2.21. The number of halogens is 1. The summed E-state index contributed by atoms with van der Waals surface area (Å²) in [6.07, 6.45) is 0. The predicted molar refractivity (Wildman–Crippen MR) is 123 cm³/mol. The van der Waals surface area contributed by atoms with Gasteiger partial charge in [0.05, 0.1) is 13.1 Å².